The molecule has 0 heterocycles. The van der Waals surface area contributed by atoms with Crippen LogP contribution in [0.1, 0.15) is 52.4 Å². The van der Waals surface area contributed by atoms with Crippen LogP contribution in [0, 0.1) is 5.92 Å². The lowest BCUT2D eigenvalue weighted by Crippen LogP contribution is -1.97. The van der Waals surface area contributed by atoms with Gasteiger partial charge in [0.15, 0.2) is 0 Å². The zero-order valence-corrected chi connectivity index (χ0v) is 8.10. The Balaban J connectivity index is 3.27. The molecule has 0 amide bonds. The molecule has 0 aromatic heterocycles. The molecule has 0 aromatic carbocycles. The van der Waals surface area contributed by atoms with Gasteiger partial charge in [-0.05, 0) is 18.8 Å². The van der Waals surface area contributed by atoms with Crippen LogP contribution in [-0.4, -0.2) is 0 Å². The van der Waals surface area contributed by atoms with Gasteiger partial charge in [-0.25, -0.2) is 0 Å². The molecule has 0 nitrogen and oxygen atoms in total. The molecule has 0 saturated heterocycles. The lowest BCUT2D eigenvalue weighted by atomic mass is 9.95. The standard InChI is InChI=1S/C11H22/c1-4-7-8-10-11(6-3)9-5-2/h4,11H,1,5-10H2,2-3H3. The molecule has 0 radical (unpaired) electrons. The first-order chi connectivity index (χ1) is 5.35. The molecular formula is C11H22. The molecule has 0 saturated carbocycles. The van der Waals surface area contributed by atoms with Crippen LogP contribution in [0.4, 0.5) is 0 Å². The molecule has 0 aliphatic rings. The smallest absolute Gasteiger partial charge is 0.0353 e. The molecule has 0 aliphatic heterocycles. The van der Waals surface area contributed by atoms with Crippen LogP contribution < -0.4 is 0 Å². The van der Waals surface area contributed by atoms with Crippen LogP contribution >= 0.6 is 0 Å². The van der Waals surface area contributed by atoms with Gasteiger partial charge >= 0.3 is 0 Å². The minimum absolute atomic E-state index is 0.972. The van der Waals surface area contributed by atoms with Crippen molar-refractivity contribution in [2.45, 2.75) is 52.4 Å². The lowest BCUT2D eigenvalue weighted by Gasteiger charge is -2.11. The van der Waals surface area contributed by atoms with Crippen molar-refractivity contribution in [2.24, 2.45) is 5.92 Å². The molecule has 0 aliphatic carbocycles. The summed E-state index contributed by atoms with van der Waals surface area (Å²) < 4.78 is 0. The lowest BCUT2D eigenvalue weighted by molar-refractivity contribution is 0.421. The van der Waals surface area contributed by atoms with Gasteiger partial charge in [0.25, 0.3) is 0 Å². The van der Waals surface area contributed by atoms with Crippen LogP contribution in [0.25, 0.3) is 0 Å². The molecule has 0 N–H and O–H groups in total. The number of allylic oxidation sites excluding steroid dienone is 1. The Kier molecular flexibility index (Phi) is 7.66. The van der Waals surface area contributed by atoms with Gasteiger partial charge in [0.05, 0.1) is 0 Å². The molecular weight excluding hydrogens is 132 g/mol. The molecule has 0 bridgehead atoms. The third-order valence-corrected chi connectivity index (χ3v) is 2.29. The zero-order chi connectivity index (χ0) is 8.53. The highest BCUT2D eigenvalue weighted by molar-refractivity contribution is 4.67. The minimum atomic E-state index is 0.972. The second-order valence-corrected chi connectivity index (χ2v) is 3.28. The second kappa shape index (κ2) is 7.84. The van der Waals surface area contributed by atoms with E-state index < -0.39 is 0 Å². The summed E-state index contributed by atoms with van der Waals surface area (Å²) in [5.74, 6) is 0.972. The van der Waals surface area contributed by atoms with Gasteiger partial charge < -0.3 is 0 Å². The molecule has 0 heteroatoms. The van der Waals surface area contributed by atoms with Crippen LogP contribution in [-0.2, 0) is 0 Å². The van der Waals surface area contributed by atoms with E-state index in [-0.39, 0.29) is 0 Å². The van der Waals surface area contributed by atoms with Gasteiger partial charge in [0.2, 0.25) is 0 Å². The van der Waals surface area contributed by atoms with E-state index in [9.17, 15) is 0 Å². The fraction of sp³-hybridized carbons (Fsp3) is 0.818. The van der Waals surface area contributed by atoms with Crippen molar-refractivity contribution in [2.75, 3.05) is 0 Å². The summed E-state index contributed by atoms with van der Waals surface area (Å²) in [5, 5.41) is 0. The Hall–Kier alpha value is -0.260. The Morgan fingerprint density at radius 3 is 2.45 bits per heavy atom. The Morgan fingerprint density at radius 1 is 1.27 bits per heavy atom. The highest BCUT2D eigenvalue weighted by atomic mass is 14.1. The first-order valence-corrected chi connectivity index (χ1v) is 4.96. The van der Waals surface area contributed by atoms with E-state index in [1.807, 2.05) is 6.08 Å². The predicted molar refractivity (Wildman–Crippen MR) is 52.7 cm³/mol. The van der Waals surface area contributed by atoms with E-state index >= 15 is 0 Å². The van der Waals surface area contributed by atoms with E-state index in [1.54, 1.807) is 0 Å². The summed E-state index contributed by atoms with van der Waals surface area (Å²) in [5.41, 5.74) is 0. The van der Waals surface area contributed by atoms with Crippen molar-refractivity contribution < 1.29 is 0 Å². The predicted octanol–water partition coefficient (Wildman–Crippen LogP) is 4.17. The van der Waals surface area contributed by atoms with Crippen molar-refractivity contribution >= 4 is 0 Å². The number of hydrogen-bond acceptors (Lipinski definition) is 0. The molecule has 66 valence electrons. The zero-order valence-electron chi connectivity index (χ0n) is 8.10. The first-order valence-electron chi connectivity index (χ1n) is 4.96. The van der Waals surface area contributed by atoms with Gasteiger partial charge in [-0.15, -0.1) is 6.58 Å². The maximum absolute atomic E-state index is 3.73. The van der Waals surface area contributed by atoms with Gasteiger partial charge in [-0.1, -0.05) is 45.6 Å². The summed E-state index contributed by atoms with van der Waals surface area (Å²) >= 11 is 0. The normalized spacial score (nSPS) is 12.9. The van der Waals surface area contributed by atoms with E-state index in [1.165, 1.54) is 38.5 Å². The van der Waals surface area contributed by atoms with E-state index in [4.69, 9.17) is 0 Å². The largest absolute Gasteiger partial charge is 0.103 e. The maximum Gasteiger partial charge on any atom is -0.0353 e. The monoisotopic (exact) mass is 154 g/mol. The SMILES string of the molecule is C=CCCCC(CC)CCC. The van der Waals surface area contributed by atoms with Gasteiger partial charge in [0.1, 0.15) is 0 Å². The summed E-state index contributed by atoms with van der Waals surface area (Å²) in [6, 6.07) is 0. The highest BCUT2D eigenvalue weighted by Gasteiger charge is 2.02. The number of rotatable bonds is 7. The molecule has 0 rings (SSSR count). The molecule has 0 aromatic rings. The maximum atomic E-state index is 3.73. The van der Waals surface area contributed by atoms with E-state index in [2.05, 4.69) is 20.4 Å². The average Bonchev–Trinajstić information content (AvgIpc) is 2.03. The number of hydrogen-bond donors (Lipinski definition) is 0. The summed E-state index contributed by atoms with van der Waals surface area (Å²) in [4.78, 5) is 0. The first kappa shape index (κ1) is 10.7. The highest BCUT2D eigenvalue weighted by Crippen LogP contribution is 2.17. The van der Waals surface area contributed by atoms with Crippen molar-refractivity contribution in [3.63, 3.8) is 0 Å². The van der Waals surface area contributed by atoms with E-state index in [0.29, 0.717) is 0 Å². The van der Waals surface area contributed by atoms with Gasteiger partial charge in [-0.2, -0.15) is 0 Å². The third kappa shape index (κ3) is 6.15. The Labute approximate surface area is 71.7 Å². The Bertz CT molecular complexity index is 84.0. The fourth-order valence-electron chi connectivity index (χ4n) is 1.51. The second-order valence-electron chi connectivity index (χ2n) is 3.28. The topological polar surface area (TPSA) is 0 Å². The van der Waals surface area contributed by atoms with Crippen molar-refractivity contribution in [1.29, 1.82) is 0 Å². The van der Waals surface area contributed by atoms with Crippen molar-refractivity contribution in [3.8, 4) is 0 Å². The molecule has 1 atom stereocenters. The molecule has 1 unspecified atom stereocenters. The summed E-state index contributed by atoms with van der Waals surface area (Å²) in [6.07, 6.45) is 10.1. The molecule has 11 heavy (non-hydrogen) atoms. The van der Waals surface area contributed by atoms with Gasteiger partial charge in [0, 0.05) is 0 Å². The Morgan fingerprint density at radius 2 is 2.00 bits per heavy atom. The molecule has 0 spiro atoms. The average molecular weight is 154 g/mol. The van der Waals surface area contributed by atoms with Crippen molar-refractivity contribution in [1.82, 2.24) is 0 Å². The molecule has 0 fully saturated rings. The summed E-state index contributed by atoms with van der Waals surface area (Å²) in [6.45, 7) is 8.30. The summed E-state index contributed by atoms with van der Waals surface area (Å²) in [7, 11) is 0. The van der Waals surface area contributed by atoms with Crippen LogP contribution in [0.5, 0.6) is 0 Å². The van der Waals surface area contributed by atoms with Crippen LogP contribution in [0.15, 0.2) is 12.7 Å². The quantitative estimate of drug-likeness (QED) is 0.381. The van der Waals surface area contributed by atoms with Crippen LogP contribution in [0.2, 0.25) is 0 Å². The fourth-order valence-corrected chi connectivity index (χ4v) is 1.51. The third-order valence-electron chi connectivity index (χ3n) is 2.29. The number of unbranched alkanes of at least 4 members (excludes halogenated alkanes) is 1. The van der Waals surface area contributed by atoms with Gasteiger partial charge in [-0.3, -0.25) is 0 Å². The minimum Gasteiger partial charge on any atom is -0.103 e. The van der Waals surface area contributed by atoms with Crippen molar-refractivity contribution in [3.05, 3.63) is 12.7 Å². The van der Waals surface area contributed by atoms with Crippen LogP contribution in [0.3, 0.4) is 0 Å². The van der Waals surface area contributed by atoms with E-state index in [0.717, 1.165) is 5.92 Å².